The van der Waals surface area contributed by atoms with Gasteiger partial charge in [-0.05, 0) is 0 Å². The van der Waals surface area contributed by atoms with Crippen molar-refractivity contribution in [2.45, 2.75) is 0 Å². The van der Waals surface area contributed by atoms with Crippen molar-refractivity contribution in [2.24, 2.45) is 0 Å². The third kappa shape index (κ3) is 20.0. The molecular weight excluding hydrogens is 407 g/mol. The molecule has 0 unspecified atom stereocenters. The van der Waals surface area contributed by atoms with Gasteiger partial charge >= 0.3 is 68.8 Å². The predicted octanol–water partition coefficient (Wildman–Crippen LogP) is -4.57. The summed E-state index contributed by atoms with van der Waals surface area (Å²) in [5, 5.41) is 0. The maximum atomic E-state index is 8.25. The van der Waals surface area contributed by atoms with Gasteiger partial charge < -0.3 is 1.43 Å². The van der Waals surface area contributed by atoms with Crippen LogP contribution >= 0.6 is 0 Å². The fraction of sp³-hybridized carbons (Fsp3) is 0. The first-order chi connectivity index (χ1) is 1.00. The normalized spacial score (nSPS) is 0.600. The minimum atomic E-state index is 0. The molecule has 0 bridgehead atoms. The molecule has 0 aliphatic rings. The second-order valence-corrected chi connectivity index (χ2v) is 0. The van der Waals surface area contributed by atoms with E-state index < -0.39 is 0 Å². The fourth-order valence-corrected chi connectivity index (χ4v) is 0. The summed E-state index contributed by atoms with van der Waals surface area (Å²) in [6, 6.07) is 0. The fourth-order valence-electron chi connectivity index (χ4n) is 0. The maximum absolute atomic E-state index is 8.25. The summed E-state index contributed by atoms with van der Waals surface area (Å²) in [6.45, 7) is 0. The number of hydrogen-bond donors (Lipinski definition) is 0. The Morgan fingerprint density at radius 1 is 1.40 bits per heavy atom. The van der Waals surface area contributed by atoms with Crippen LogP contribution in [0.1, 0.15) is 1.43 Å². The van der Waals surface area contributed by atoms with Crippen molar-refractivity contribution in [1.82, 2.24) is 0 Å². The summed E-state index contributed by atoms with van der Waals surface area (Å²) in [7, 11) is 0. The van der Waals surface area contributed by atoms with Gasteiger partial charge in [0.05, 0.1) is 0 Å². The Morgan fingerprint density at radius 2 is 1.40 bits per heavy atom. The van der Waals surface area contributed by atoms with E-state index in [9.17, 15) is 0 Å². The van der Waals surface area contributed by atoms with Gasteiger partial charge in [-0.15, -0.1) is 0 Å². The monoisotopic (exact) mass is 414 g/mol. The van der Waals surface area contributed by atoms with Crippen molar-refractivity contribution in [3.63, 3.8) is 0 Å². The molecule has 0 heterocycles. The van der Waals surface area contributed by atoms with Crippen LogP contribution in [0.15, 0.2) is 0 Å². The average molecular weight is 411 g/mol. The largest absolute Gasteiger partial charge is 0 e. The molecular formula is H4BiLiOTeTi. The zero-order valence-electron chi connectivity index (χ0n) is 4.02. The zero-order valence-corrected chi connectivity index (χ0v) is 12.4. The van der Waals surface area contributed by atoms with Gasteiger partial charge in [-0.2, -0.15) is 0 Å². The Labute approximate surface area is 92.3 Å². The van der Waals surface area contributed by atoms with E-state index in [1.165, 1.54) is 0 Å². The molecule has 0 rings (SSSR count). The van der Waals surface area contributed by atoms with Crippen LogP contribution in [0.25, 0.3) is 0 Å². The molecule has 0 aromatic heterocycles. The zero-order chi connectivity index (χ0) is 2.00. The first kappa shape index (κ1) is 25.0. The number of rotatable bonds is 0. The van der Waals surface area contributed by atoms with Gasteiger partial charge in [0.25, 0.3) is 0 Å². The van der Waals surface area contributed by atoms with Crippen molar-refractivity contribution >= 4 is 49.9 Å². The molecule has 26 valence electrons. The van der Waals surface area contributed by atoms with Crippen LogP contribution in [0.3, 0.4) is 0 Å². The molecule has 0 amide bonds. The van der Waals surface area contributed by atoms with E-state index >= 15 is 0 Å². The summed E-state index contributed by atoms with van der Waals surface area (Å²) < 4.78 is 8.25. The second kappa shape index (κ2) is 29.3. The van der Waals surface area contributed by atoms with E-state index in [4.69, 9.17) is 3.32 Å². The third-order valence-corrected chi connectivity index (χ3v) is 0. The second-order valence-electron chi connectivity index (χ2n) is 0. The summed E-state index contributed by atoms with van der Waals surface area (Å²) in [5.41, 5.74) is 0. The van der Waals surface area contributed by atoms with E-state index in [2.05, 4.69) is 0 Å². The van der Waals surface area contributed by atoms with Gasteiger partial charge in [-0.3, -0.25) is 0 Å². The molecule has 5 heteroatoms. The maximum Gasteiger partial charge on any atom is 0 e. The number of hydrogen-bond acceptors (Lipinski definition) is 1. The van der Waals surface area contributed by atoms with Crippen LogP contribution in [0.4, 0.5) is 0 Å². The molecule has 0 saturated heterocycles. The van der Waals surface area contributed by atoms with Gasteiger partial charge in [0, 0.05) is 23.7 Å². The Hall–Kier alpha value is 2.78. The van der Waals surface area contributed by atoms with Gasteiger partial charge in [0.1, 0.15) is 0 Å². The molecule has 0 spiro atoms. The van der Waals surface area contributed by atoms with Crippen molar-refractivity contribution in [3.05, 3.63) is 0 Å². The molecule has 0 aliphatic heterocycles. The van der Waals surface area contributed by atoms with Gasteiger partial charge in [0.15, 0.2) is 0 Å². The van der Waals surface area contributed by atoms with E-state index in [0.717, 1.165) is 20.4 Å². The Bertz CT molecular complexity index is 15.5. The molecule has 0 aliphatic carbocycles. The smallest absolute Gasteiger partial charge is 0 e. The quantitative estimate of drug-likeness (QED) is 0.367. The average Bonchev–Trinajstić information content (AvgIpc) is 1.00. The van der Waals surface area contributed by atoms with Crippen molar-refractivity contribution in [1.29, 1.82) is 0 Å². The molecule has 0 aromatic rings. The van der Waals surface area contributed by atoms with Crippen molar-refractivity contribution in [3.8, 4) is 0 Å². The van der Waals surface area contributed by atoms with Crippen LogP contribution in [-0.2, 0) is 23.7 Å². The van der Waals surface area contributed by atoms with Crippen molar-refractivity contribution in [2.75, 3.05) is 0 Å². The molecule has 5 heavy (non-hydrogen) atoms. The Kier molecular flexibility index (Phi) is 147. The molecule has 0 atom stereocenters. The molecule has 0 N–H and O–H groups in total. The molecule has 1 nitrogen and oxygen atoms in total. The van der Waals surface area contributed by atoms with Crippen LogP contribution in [0, 0.1) is 0 Å². The summed E-state index contributed by atoms with van der Waals surface area (Å²) in [6.07, 6.45) is 0. The first-order valence-corrected chi connectivity index (χ1v) is 0.842. The predicted molar refractivity (Wildman–Crippen MR) is 17.5 cm³/mol. The summed E-state index contributed by atoms with van der Waals surface area (Å²) >= 11 is 0.750. The Balaban J connectivity index is -0.000000000833. The molecule has 0 saturated carbocycles. The SMILES string of the molecule is [BiH3].[H-].[Li+].[O]=[Ti].[Te]. The van der Waals surface area contributed by atoms with Gasteiger partial charge in [-0.1, -0.05) is 0 Å². The molecule has 0 fully saturated rings. The molecule has 2 radical (unpaired) electrons. The standard InChI is InChI=1S/Bi.Li.O.Te.Ti.4H/q;+1;;;;;;;-1. The molecule has 0 aromatic carbocycles. The minimum Gasteiger partial charge on any atom is 0 e. The minimum absolute atomic E-state index is 0. The van der Waals surface area contributed by atoms with E-state index in [-0.39, 0.29) is 70.2 Å². The Morgan fingerprint density at radius 3 is 1.40 bits per heavy atom. The van der Waals surface area contributed by atoms with Crippen LogP contribution in [0.5, 0.6) is 0 Å². The topological polar surface area (TPSA) is 17.1 Å². The van der Waals surface area contributed by atoms with Crippen molar-refractivity contribution < 1.29 is 44.0 Å². The van der Waals surface area contributed by atoms with E-state index in [0.29, 0.717) is 0 Å². The summed E-state index contributed by atoms with van der Waals surface area (Å²) in [5.74, 6) is 0. The van der Waals surface area contributed by atoms with Crippen LogP contribution in [-0.4, -0.2) is 49.9 Å². The van der Waals surface area contributed by atoms with E-state index in [1.807, 2.05) is 0 Å². The van der Waals surface area contributed by atoms with Gasteiger partial charge in [-0.25, -0.2) is 0 Å². The summed E-state index contributed by atoms with van der Waals surface area (Å²) in [4.78, 5) is 0. The van der Waals surface area contributed by atoms with Crippen LogP contribution < -0.4 is 18.9 Å². The van der Waals surface area contributed by atoms with E-state index in [1.54, 1.807) is 0 Å². The third-order valence-electron chi connectivity index (χ3n) is 0. The first-order valence-electron chi connectivity index (χ1n) is 0.204. The van der Waals surface area contributed by atoms with Crippen LogP contribution in [0.2, 0.25) is 0 Å². The van der Waals surface area contributed by atoms with Gasteiger partial charge in [0.2, 0.25) is 0 Å².